The summed E-state index contributed by atoms with van der Waals surface area (Å²) in [6.07, 6.45) is 5.18. The van der Waals surface area contributed by atoms with Crippen LogP contribution in [-0.4, -0.2) is 15.0 Å². The first-order chi connectivity index (χ1) is 7.75. The fourth-order valence-electron chi connectivity index (χ4n) is 1.35. The Balaban J connectivity index is 1.91. The highest BCUT2D eigenvalue weighted by Crippen LogP contribution is 2.17. The average molecular weight is 234 g/mol. The molecule has 2 aromatic rings. The van der Waals surface area contributed by atoms with Crippen molar-refractivity contribution in [1.29, 1.82) is 0 Å². The molecule has 1 N–H and O–H groups in total. The first-order valence-corrected chi connectivity index (χ1v) is 6.03. The van der Waals surface area contributed by atoms with Crippen molar-refractivity contribution in [3.8, 4) is 0 Å². The number of hydrogen-bond acceptors (Lipinski definition) is 5. The molecular weight excluding hydrogens is 220 g/mol. The topological polar surface area (TPSA) is 50.7 Å². The van der Waals surface area contributed by atoms with Crippen molar-refractivity contribution >= 4 is 11.3 Å². The molecule has 2 rings (SSSR count). The molecule has 1 unspecified atom stereocenters. The third-order valence-electron chi connectivity index (χ3n) is 2.23. The molecule has 5 heteroatoms. The Hall–Kier alpha value is -1.33. The number of rotatable bonds is 4. The molecule has 0 aromatic carbocycles. The van der Waals surface area contributed by atoms with Crippen molar-refractivity contribution in [3.63, 3.8) is 0 Å². The highest BCUT2D eigenvalue weighted by molar-refractivity contribution is 7.09. The van der Waals surface area contributed by atoms with Crippen LogP contribution < -0.4 is 5.32 Å². The van der Waals surface area contributed by atoms with Gasteiger partial charge in [-0.1, -0.05) is 0 Å². The van der Waals surface area contributed by atoms with E-state index in [0.717, 1.165) is 22.8 Å². The molecule has 0 aliphatic heterocycles. The van der Waals surface area contributed by atoms with Crippen molar-refractivity contribution in [2.24, 2.45) is 0 Å². The maximum Gasteiger partial charge on any atom is 0.115 e. The van der Waals surface area contributed by atoms with E-state index in [4.69, 9.17) is 0 Å². The van der Waals surface area contributed by atoms with E-state index in [2.05, 4.69) is 32.6 Å². The SMILES string of the molecule is Cc1csc(C(C)NCc2cncnc2)n1. The first kappa shape index (κ1) is 11.2. The summed E-state index contributed by atoms with van der Waals surface area (Å²) in [5.41, 5.74) is 2.17. The molecule has 2 aromatic heterocycles. The van der Waals surface area contributed by atoms with Crippen LogP contribution in [0.25, 0.3) is 0 Å². The van der Waals surface area contributed by atoms with Crippen LogP contribution in [0.5, 0.6) is 0 Å². The van der Waals surface area contributed by atoms with Crippen molar-refractivity contribution in [2.75, 3.05) is 0 Å². The van der Waals surface area contributed by atoms with Gasteiger partial charge in [-0.2, -0.15) is 0 Å². The highest BCUT2D eigenvalue weighted by atomic mass is 32.1. The van der Waals surface area contributed by atoms with Crippen LogP contribution in [0.3, 0.4) is 0 Å². The Morgan fingerprint density at radius 3 is 2.75 bits per heavy atom. The first-order valence-electron chi connectivity index (χ1n) is 5.15. The second kappa shape index (κ2) is 5.14. The van der Waals surface area contributed by atoms with E-state index in [0.29, 0.717) is 0 Å². The molecule has 2 heterocycles. The van der Waals surface area contributed by atoms with Gasteiger partial charge in [0, 0.05) is 35.6 Å². The van der Waals surface area contributed by atoms with Crippen molar-refractivity contribution in [3.05, 3.63) is 40.4 Å². The van der Waals surface area contributed by atoms with E-state index in [-0.39, 0.29) is 6.04 Å². The van der Waals surface area contributed by atoms with E-state index in [1.165, 1.54) is 6.33 Å². The Labute approximate surface area is 98.8 Å². The van der Waals surface area contributed by atoms with Gasteiger partial charge in [0.15, 0.2) is 0 Å². The summed E-state index contributed by atoms with van der Waals surface area (Å²) in [6, 6.07) is 0.263. The molecule has 0 saturated carbocycles. The smallest absolute Gasteiger partial charge is 0.115 e. The van der Waals surface area contributed by atoms with Crippen LogP contribution in [0.1, 0.15) is 29.2 Å². The van der Waals surface area contributed by atoms with Crippen LogP contribution >= 0.6 is 11.3 Å². The molecule has 4 nitrogen and oxygen atoms in total. The van der Waals surface area contributed by atoms with Gasteiger partial charge in [0.05, 0.1) is 6.04 Å². The molecular formula is C11H14N4S. The summed E-state index contributed by atoms with van der Waals surface area (Å²) in [5.74, 6) is 0. The van der Waals surface area contributed by atoms with Crippen LogP contribution in [0, 0.1) is 6.92 Å². The monoisotopic (exact) mass is 234 g/mol. The zero-order valence-electron chi connectivity index (χ0n) is 9.34. The third kappa shape index (κ3) is 2.84. The van der Waals surface area contributed by atoms with Gasteiger partial charge in [-0.3, -0.25) is 0 Å². The van der Waals surface area contributed by atoms with Gasteiger partial charge < -0.3 is 5.32 Å². The minimum Gasteiger partial charge on any atom is -0.304 e. The van der Waals surface area contributed by atoms with Crippen molar-refractivity contribution in [2.45, 2.75) is 26.4 Å². The Morgan fingerprint density at radius 1 is 1.38 bits per heavy atom. The number of aryl methyl sites for hydroxylation is 1. The summed E-state index contributed by atoms with van der Waals surface area (Å²) in [6.45, 7) is 4.89. The Morgan fingerprint density at radius 2 is 2.12 bits per heavy atom. The second-order valence-corrected chi connectivity index (χ2v) is 4.57. The molecule has 0 fully saturated rings. The second-order valence-electron chi connectivity index (χ2n) is 3.68. The zero-order valence-corrected chi connectivity index (χ0v) is 10.2. The summed E-state index contributed by atoms with van der Waals surface area (Å²) >= 11 is 1.69. The van der Waals surface area contributed by atoms with Gasteiger partial charge in [-0.05, 0) is 13.8 Å². The molecule has 0 amide bonds. The molecule has 0 aliphatic carbocycles. The fraction of sp³-hybridized carbons (Fsp3) is 0.364. The van der Waals surface area contributed by atoms with E-state index < -0.39 is 0 Å². The molecule has 0 bridgehead atoms. The average Bonchev–Trinajstić information content (AvgIpc) is 2.74. The van der Waals surface area contributed by atoms with Crippen LogP contribution in [0.2, 0.25) is 0 Å². The molecule has 1 atom stereocenters. The van der Waals surface area contributed by atoms with E-state index in [9.17, 15) is 0 Å². The van der Waals surface area contributed by atoms with Crippen molar-refractivity contribution in [1.82, 2.24) is 20.3 Å². The fourth-order valence-corrected chi connectivity index (χ4v) is 2.18. The molecule has 16 heavy (non-hydrogen) atoms. The quantitative estimate of drug-likeness (QED) is 0.880. The molecule has 0 saturated heterocycles. The van der Waals surface area contributed by atoms with Gasteiger partial charge in [0.2, 0.25) is 0 Å². The number of nitrogens with one attached hydrogen (secondary N) is 1. The van der Waals surface area contributed by atoms with Crippen molar-refractivity contribution < 1.29 is 0 Å². The van der Waals surface area contributed by atoms with Gasteiger partial charge >= 0.3 is 0 Å². The normalized spacial score (nSPS) is 12.6. The Bertz CT molecular complexity index is 440. The maximum absolute atomic E-state index is 4.45. The lowest BCUT2D eigenvalue weighted by Gasteiger charge is -2.10. The van der Waals surface area contributed by atoms with Gasteiger partial charge in [0.1, 0.15) is 11.3 Å². The lowest BCUT2D eigenvalue weighted by Crippen LogP contribution is -2.18. The molecule has 84 valence electrons. The van der Waals surface area contributed by atoms with Gasteiger partial charge in [-0.15, -0.1) is 11.3 Å². The van der Waals surface area contributed by atoms with Gasteiger partial charge in [0.25, 0.3) is 0 Å². The lowest BCUT2D eigenvalue weighted by molar-refractivity contribution is 0.569. The minimum atomic E-state index is 0.263. The standard InChI is InChI=1S/C11H14N4S/c1-8-6-16-11(15-8)9(2)14-5-10-3-12-7-13-4-10/h3-4,6-7,9,14H,5H2,1-2H3. The van der Waals surface area contributed by atoms with E-state index in [1.807, 2.05) is 19.3 Å². The number of nitrogens with zero attached hydrogens (tertiary/aromatic N) is 3. The lowest BCUT2D eigenvalue weighted by atomic mass is 10.3. The highest BCUT2D eigenvalue weighted by Gasteiger charge is 2.08. The van der Waals surface area contributed by atoms with E-state index in [1.54, 1.807) is 11.3 Å². The minimum absolute atomic E-state index is 0.263. The molecule has 0 spiro atoms. The molecule has 0 radical (unpaired) electrons. The Kier molecular flexibility index (Phi) is 3.58. The summed E-state index contributed by atoms with van der Waals surface area (Å²) in [5, 5.41) is 6.58. The van der Waals surface area contributed by atoms with Crippen LogP contribution in [-0.2, 0) is 6.54 Å². The number of hydrogen-bond donors (Lipinski definition) is 1. The van der Waals surface area contributed by atoms with Crippen LogP contribution in [0.15, 0.2) is 24.1 Å². The zero-order chi connectivity index (χ0) is 11.4. The van der Waals surface area contributed by atoms with Crippen LogP contribution in [0.4, 0.5) is 0 Å². The number of aromatic nitrogens is 3. The predicted octanol–water partition coefficient (Wildman–Crippen LogP) is 2.09. The summed E-state index contributed by atoms with van der Waals surface area (Å²) in [7, 11) is 0. The third-order valence-corrected chi connectivity index (χ3v) is 3.38. The van der Waals surface area contributed by atoms with Gasteiger partial charge in [-0.25, -0.2) is 15.0 Å². The summed E-state index contributed by atoms with van der Waals surface area (Å²) in [4.78, 5) is 12.4. The van der Waals surface area contributed by atoms with E-state index >= 15 is 0 Å². The maximum atomic E-state index is 4.45. The predicted molar refractivity (Wildman–Crippen MR) is 64.1 cm³/mol. The summed E-state index contributed by atoms with van der Waals surface area (Å²) < 4.78 is 0. The number of thiazole rings is 1. The largest absolute Gasteiger partial charge is 0.304 e. The molecule has 0 aliphatic rings.